The highest BCUT2D eigenvalue weighted by Crippen LogP contribution is 2.15. The second-order valence-electron chi connectivity index (χ2n) is 5.50. The van der Waals surface area contributed by atoms with Crippen molar-refractivity contribution >= 4 is 23.5 Å². The molecule has 0 unspecified atom stereocenters. The zero-order valence-electron chi connectivity index (χ0n) is 14.5. The minimum absolute atomic E-state index is 0.292. The molecule has 2 N–H and O–H groups in total. The Morgan fingerprint density at radius 3 is 2.52 bits per heavy atom. The summed E-state index contributed by atoms with van der Waals surface area (Å²) in [6.07, 6.45) is 4.51. The van der Waals surface area contributed by atoms with Gasteiger partial charge in [-0.1, -0.05) is 12.1 Å². The smallest absolute Gasteiger partial charge is 0.337 e. The standard InChI is InChI=1S/C19H17N5O3/c1-27-18(26)13-5-4-7-15(9-13)24-19-22-10-14(11-23-19)17(25)21-12-16-6-2-3-8-20-16/h2-11H,12H2,1H3,(H,21,25)(H,22,23,24). The third kappa shape index (κ3) is 4.85. The zero-order chi connectivity index (χ0) is 19.1. The maximum absolute atomic E-state index is 12.1. The third-order valence-corrected chi connectivity index (χ3v) is 3.61. The number of ether oxygens (including phenoxy) is 1. The number of carbonyl (C=O) groups is 2. The van der Waals surface area contributed by atoms with Crippen LogP contribution in [-0.4, -0.2) is 33.9 Å². The maximum atomic E-state index is 12.1. The van der Waals surface area contributed by atoms with Crippen molar-refractivity contribution in [1.29, 1.82) is 0 Å². The number of rotatable bonds is 6. The lowest BCUT2D eigenvalue weighted by molar-refractivity contribution is 0.0600. The number of carbonyl (C=O) groups excluding carboxylic acids is 2. The number of nitrogens with one attached hydrogen (secondary N) is 2. The number of amides is 1. The predicted octanol–water partition coefficient (Wildman–Crippen LogP) is 2.33. The van der Waals surface area contributed by atoms with Crippen LogP contribution >= 0.6 is 0 Å². The molecule has 0 atom stereocenters. The fraction of sp³-hybridized carbons (Fsp3) is 0.105. The lowest BCUT2D eigenvalue weighted by Crippen LogP contribution is -2.23. The number of benzene rings is 1. The summed E-state index contributed by atoms with van der Waals surface area (Å²) in [5.41, 5.74) is 2.13. The van der Waals surface area contributed by atoms with E-state index in [1.807, 2.05) is 18.2 Å². The van der Waals surface area contributed by atoms with Crippen molar-refractivity contribution in [2.24, 2.45) is 0 Å². The molecule has 3 aromatic rings. The van der Waals surface area contributed by atoms with Crippen molar-refractivity contribution < 1.29 is 14.3 Å². The predicted molar refractivity (Wildman–Crippen MR) is 98.5 cm³/mol. The summed E-state index contributed by atoms with van der Waals surface area (Å²) in [7, 11) is 1.32. The molecule has 8 nitrogen and oxygen atoms in total. The van der Waals surface area contributed by atoms with E-state index in [1.165, 1.54) is 19.5 Å². The van der Waals surface area contributed by atoms with E-state index in [-0.39, 0.29) is 5.91 Å². The highest BCUT2D eigenvalue weighted by molar-refractivity contribution is 5.93. The third-order valence-electron chi connectivity index (χ3n) is 3.61. The van der Waals surface area contributed by atoms with Crippen molar-refractivity contribution in [3.05, 3.63) is 77.9 Å². The summed E-state index contributed by atoms with van der Waals surface area (Å²) < 4.78 is 4.69. The summed E-state index contributed by atoms with van der Waals surface area (Å²) >= 11 is 0. The monoisotopic (exact) mass is 363 g/mol. The van der Waals surface area contributed by atoms with Crippen LogP contribution in [0, 0.1) is 0 Å². The van der Waals surface area contributed by atoms with Crippen LogP contribution in [0.15, 0.2) is 61.1 Å². The van der Waals surface area contributed by atoms with Crippen molar-refractivity contribution in [1.82, 2.24) is 20.3 Å². The van der Waals surface area contributed by atoms with Gasteiger partial charge >= 0.3 is 5.97 Å². The molecule has 27 heavy (non-hydrogen) atoms. The van der Waals surface area contributed by atoms with Gasteiger partial charge in [-0.05, 0) is 30.3 Å². The fourth-order valence-electron chi connectivity index (χ4n) is 2.26. The van der Waals surface area contributed by atoms with Crippen molar-refractivity contribution in [2.75, 3.05) is 12.4 Å². The van der Waals surface area contributed by atoms with Crippen molar-refractivity contribution in [2.45, 2.75) is 6.54 Å². The molecule has 0 spiro atoms. The van der Waals surface area contributed by atoms with E-state index in [1.54, 1.807) is 30.5 Å². The Kier molecular flexibility index (Phi) is 5.68. The SMILES string of the molecule is COC(=O)c1cccc(Nc2ncc(C(=O)NCc3ccccn3)cn2)c1. The van der Waals surface area contributed by atoms with Crippen LogP contribution in [0.2, 0.25) is 0 Å². The van der Waals surface area contributed by atoms with Crippen LogP contribution in [-0.2, 0) is 11.3 Å². The topological polar surface area (TPSA) is 106 Å². The Morgan fingerprint density at radius 1 is 1.00 bits per heavy atom. The first-order valence-corrected chi connectivity index (χ1v) is 8.11. The van der Waals surface area contributed by atoms with Crippen LogP contribution < -0.4 is 10.6 Å². The van der Waals surface area contributed by atoms with Crippen molar-refractivity contribution in [3.8, 4) is 0 Å². The Balaban J connectivity index is 1.61. The van der Waals surface area contributed by atoms with Crippen LogP contribution in [0.25, 0.3) is 0 Å². The molecule has 0 fully saturated rings. The summed E-state index contributed by atoms with van der Waals surface area (Å²) in [6, 6.07) is 12.2. The van der Waals surface area contributed by atoms with E-state index < -0.39 is 5.97 Å². The van der Waals surface area contributed by atoms with Gasteiger partial charge in [0.1, 0.15) is 0 Å². The number of methoxy groups -OCH3 is 1. The van der Waals surface area contributed by atoms with E-state index in [2.05, 4.69) is 25.6 Å². The Labute approximate surface area is 155 Å². The molecule has 3 rings (SSSR count). The van der Waals surface area contributed by atoms with Crippen LogP contribution in [0.1, 0.15) is 26.4 Å². The van der Waals surface area contributed by atoms with E-state index in [4.69, 9.17) is 4.74 Å². The normalized spacial score (nSPS) is 10.1. The average Bonchev–Trinajstić information content (AvgIpc) is 2.73. The van der Waals surface area contributed by atoms with E-state index in [9.17, 15) is 9.59 Å². The molecule has 0 aliphatic carbocycles. The van der Waals surface area contributed by atoms with Gasteiger partial charge in [0.2, 0.25) is 5.95 Å². The van der Waals surface area contributed by atoms with E-state index in [0.717, 1.165) is 5.69 Å². The minimum atomic E-state index is -0.431. The molecule has 2 heterocycles. The van der Waals surface area contributed by atoms with Gasteiger partial charge < -0.3 is 15.4 Å². The maximum Gasteiger partial charge on any atom is 0.337 e. The Bertz CT molecular complexity index is 930. The molecule has 0 aliphatic heterocycles. The summed E-state index contributed by atoms with van der Waals surface area (Å²) in [6.45, 7) is 0.319. The number of aromatic nitrogens is 3. The molecule has 136 valence electrons. The molecular formula is C19H17N5O3. The second-order valence-corrected chi connectivity index (χ2v) is 5.50. The van der Waals surface area contributed by atoms with Crippen molar-refractivity contribution in [3.63, 3.8) is 0 Å². The lowest BCUT2D eigenvalue weighted by atomic mass is 10.2. The highest BCUT2D eigenvalue weighted by Gasteiger charge is 2.09. The van der Waals surface area contributed by atoms with Gasteiger partial charge in [0.25, 0.3) is 5.91 Å². The molecule has 0 saturated carbocycles. The average molecular weight is 363 g/mol. The number of esters is 1. The largest absolute Gasteiger partial charge is 0.465 e. The molecular weight excluding hydrogens is 346 g/mol. The van der Waals surface area contributed by atoms with E-state index >= 15 is 0 Å². The first kappa shape index (κ1) is 18.0. The molecule has 8 heteroatoms. The van der Waals surface area contributed by atoms with Gasteiger partial charge in [-0.25, -0.2) is 14.8 Å². The molecule has 2 aromatic heterocycles. The molecule has 0 radical (unpaired) electrons. The summed E-state index contributed by atoms with van der Waals surface area (Å²) in [5.74, 6) is -0.419. The number of nitrogens with zero attached hydrogens (tertiary/aromatic N) is 3. The van der Waals surface area contributed by atoms with Gasteiger partial charge in [0.15, 0.2) is 0 Å². The highest BCUT2D eigenvalue weighted by atomic mass is 16.5. The summed E-state index contributed by atoms with van der Waals surface area (Å²) in [4.78, 5) is 36.1. The van der Waals surface area contributed by atoms with Gasteiger partial charge in [0.05, 0.1) is 30.5 Å². The van der Waals surface area contributed by atoms with Crippen LogP contribution in [0.4, 0.5) is 11.6 Å². The van der Waals surface area contributed by atoms with Gasteiger partial charge in [-0.15, -0.1) is 0 Å². The number of hydrogen-bond donors (Lipinski definition) is 2. The molecule has 0 aliphatic rings. The first-order valence-electron chi connectivity index (χ1n) is 8.11. The Hall–Kier alpha value is -3.81. The Morgan fingerprint density at radius 2 is 1.81 bits per heavy atom. The fourth-order valence-corrected chi connectivity index (χ4v) is 2.26. The quantitative estimate of drug-likeness (QED) is 0.647. The number of anilines is 2. The molecule has 1 amide bonds. The zero-order valence-corrected chi connectivity index (χ0v) is 14.5. The first-order chi connectivity index (χ1) is 13.2. The van der Waals surface area contributed by atoms with Gasteiger partial charge in [-0.3, -0.25) is 9.78 Å². The lowest BCUT2D eigenvalue weighted by Gasteiger charge is -2.07. The molecule has 0 saturated heterocycles. The second kappa shape index (κ2) is 8.52. The minimum Gasteiger partial charge on any atom is -0.465 e. The number of pyridine rings is 1. The summed E-state index contributed by atoms with van der Waals surface area (Å²) in [5, 5.41) is 5.73. The molecule has 1 aromatic carbocycles. The van der Waals surface area contributed by atoms with Gasteiger partial charge in [-0.2, -0.15) is 0 Å². The van der Waals surface area contributed by atoms with Gasteiger partial charge in [0, 0.05) is 24.3 Å². The molecule has 0 bridgehead atoms. The van der Waals surface area contributed by atoms with Crippen LogP contribution in [0.3, 0.4) is 0 Å². The van der Waals surface area contributed by atoms with Crippen LogP contribution in [0.5, 0.6) is 0 Å². The number of hydrogen-bond acceptors (Lipinski definition) is 7. The van der Waals surface area contributed by atoms with E-state index in [0.29, 0.717) is 29.3 Å².